The second-order valence-electron chi connectivity index (χ2n) is 5.35. The molecule has 0 radical (unpaired) electrons. The second-order valence-corrected chi connectivity index (χ2v) is 5.35. The molecular weight excluding hydrogens is 227 g/mol. The Morgan fingerprint density at radius 2 is 2.33 bits per heavy atom. The highest BCUT2D eigenvalue weighted by Gasteiger charge is 2.21. The summed E-state index contributed by atoms with van der Waals surface area (Å²) in [6.45, 7) is 4.44. The van der Waals surface area contributed by atoms with E-state index in [2.05, 4.69) is 24.2 Å². The van der Waals surface area contributed by atoms with Crippen molar-refractivity contribution in [2.45, 2.75) is 38.3 Å². The minimum absolute atomic E-state index is 0.137. The summed E-state index contributed by atoms with van der Waals surface area (Å²) in [6.07, 6.45) is 3.42. The van der Waals surface area contributed by atoms with Crippen molar-refractivity contribution in [3.8, 4) is 0 Å². The van der Waals surface area contributed by atoms with Crippen LogP contribution in [0.4, 0.5) is 4.39 Å². The minimum Gasteiger partial charge on any atom is -0.315 e. The van der Waals surface area contributed by atoms with Gasteiger partial charge in [-0.3, -0.25) is 4.90 Å². The van der Waals surface area contributed by atoms with Crippen molar-refractivity contribution in [3.05, 3.63) is 35.6 Å². The lowest BCUT2D eigenvalue weighted by Gasteiger charge is -2.36. The van der Waals surface area contributed by atoms with Crippen LogP contribution in [0.2, 0.25) is 0 Å². The number of piperidine rings is 1. The van der Waals surface area contributed by atoms with Crippen LogP contribution in [0.25, 0.3) is 0 Å². The summed E-state index contributed by atoms with van der Waals surface area (Å²) in [5.74, 6) is -0.137. The molecule has 0 aliphatic carbocycles. The normalized spacial score (nSPS) is 22.1. The van der Waals surface area contributed by atoms with Gasteiger partial charge in [-0.15, -0.1) is 0 Å². The van der Waals surface area contributed by atoms with Gasteiger partial charge in [0.1, 0.15) is 5.82 Å². The van der Waals surface area contributed by atoms with Crippen LogP contribution in [0.3, 0.4) is 0 Å². The van der Waals surface area contributed by atoms with Gasteiger partial charge in [0.25, 0.3) is 0 Å². The molecule has 1 aromatic rings. The zero-order chi connectivity index (χ0) is 13.0. The topological polar surface area (TPSA) is 15.3 Å². The average Bonchev–Trinajstić information content (AvgIpc) is 2.39. The van der Waals surface area contributed by atoms with E-state index in [1.807, 2.05) is 6.07 Å². The van der Waals surface area contributed by atoms with Gasteiger partial charge in [-0.25, -0.2) is 4.39 Å². The summed E-state index contributed by atoms with van der Waals surface area (Å²) in [7, 11) is 2.18. The quantitative estimate of drug-likeness (QED) is 0.883. The Hall–Kier alpha value is -0.930. The molecule has 0 saturated carbocycles. The average molecular weight is 250 g/mol. The van der Waals surface area contributed by atoms with Crippen LogP contribution >= 0.6 is 0 Å². The fraction of sp³-hybridized carbons (Fsp3) is 0.600. The largest absolute Gasteiger partial charge is 0.315 e. The number of likely N-dealkylation sites (N-methyl/N-ethyl adjacent to an activating group) is 1. The summed E-state index contributed by atoms with van der Waals surface area (Å²) in [4.78, 5) is 2.43. The van der Waals surface area contributed by atoms with Gasteiger partial charge < -0.3 is 5.32 Å². The lowest BCUT2D eigenvalue weighted by atomic mass is 10.0. The van der Waals surface area contributed by atoms with Gasteiger partial charge >= 0.3 is 0 Å². The molecule has 1 N–H and O–H groups in total. The van der Waals surface area contributed by atoms with Gasteiger partial charge in [-0.05, 0) is 57.5 Å². The first-order valence-corrected chi connectivity index (χ1v) is 6.84. The first-order valence-electron chi connectivity index (χ1n) is 6.84. The van der Waals surface area contributed by atoms with Crippen LogP contribution in [0.15, 0.2) is 24.3 Å². The van der Waals surface area contributed by atoms with E-state index in [1.54, 1.807) is 12.1 Å². The molecule has 1 saturated heterocycles. The van der Waals surface area contributed by atoms with E-state index in [-0.39, 0.29) is 5.82 Å². The fourth-order valence-corrected chi connectivity index (χ4v) is 2.69. The SMILES string of the molecule is CC(Cc1cccc(F)c1)N(C)C1CCCNC1. The number of hydrogen-bond acceptors (Lipinski definition) is 2. The van der Waals surface area contributed by atoms with Gasteiger partial charge in [0.15, 0.2) is 0 Å². The standard InChI is InChI=1S/C15H23FN2/c1-12(9-13-5-3-6-14(16)10-13)18(2)15-7-4-8-17-11-15/h3,5-6,10,12,15,17H,4,7-9,11H2,1-2H3. The number of nitrogens with zero attached hydrogens (tertiary/aromatic N) is 1. The van der Waals surface area contributed by atoms with Gasteiger partial charge in [0, 0.05) is 18.6 Å². The molecule has 1 aromatic carbocycles. The summed E-state index contributed by atoms with van der Waals surface area (Å²) < 4.78 is 13.1. The number of rotatable bonds is 4. The number of nitrogens with one attached hydrogen (secondary N) is 1. The van der Waals surface area contributed by atoms with E-state index in [4.69, 9.17) is 0 Å². The first kappa shape index (κ1) is 13.5. The van der Waals surface area contributed by atoms with Crippen LogP contribution in [-0.4, -0.2) is 37.1 Å². The summed E-state index contributed by atoms with van der Waals surface area (Å²) >= 11 is 0. The molecule has 0 amide bonds. The van der Waals surface area contributed by atoms with Gasteiger partial charge in [-0.1, -0.05) is 12.1 Å². The van der Waals surface area contributed by atoms with E-state index in [1.165, 1.54) is 18.9 Å². The highest BCUT2D eigenvalue weighted by Crippen LogP contribution is 2.15. The Kier molecular flexibility index (Phi) is 4.72. The number of benzene rings is 1. The molecule has 2 unspecified atom stereocenters. The van der Waals surface area contributed by atoms with E-state index >= 15 is 0 Å². The molecule has 2 atom stereocenters. The number of hydrogen-bond donors (Lipinski definition) is 1. The van der Waals surface area contributed by atoms with E-state index in [0.29, 0.717) is 12.1 Å². The summed E-state index contributed by atoms with van der Waals surface area (Å²) in [6, 6.07) is 8.00. The lowest BCUT2D eigenvalue weighted by Crippen LogP contribution is -2.48. The molecule has 1 aliphatic heterocycles. The Morgan fingerprint density at radius 1 is 1.50 bits per heavy atom. The van der Waals surface area contributed by atoms with Gasteiger partial charge in [0.05, 0.1) is 0 Å². The predicted molar refractivity (Wildman–Crippen MR) is 73.2 cm³/mol. The number of halogens is 1. The van der Waals surface area contributed by atoms with E-state index in [0.717, 1.165) is 25.1 Å². The molecule has 100 valence electrons. The minimum atomic E-state index is -0.137. The Balaban J connectivity index is 1.92. The Morgan fingerprint density at radius 3 is 3.00 bits per heavy atom. The third-order valence-electron chi connectivity index (χ3n) is 3.96. The van der Waals surface area contributed by atoms with Gasteiger partial charge in [-0.2, -0.15) is 0 Å². The van der Waals surface area contributed by atoms with Crippen LogP contribution in [0.5, 0.6) is 0 Å². The highest BCUT2D eigenvalue weighted by molar-refractivity contribution is 5.17. The maximum atomic E-state index is 13.1. The predicted octanol–water partition coefficient (Wildman–Crippen LogP) is 2.44. The molecule has 3 heteroatoms. The summed E-state index contributed by atoms with van der Waals surface area (Å²) in [5, 5.41) is 3.44. The fourth-order valence-electron chi connectivity index (χ4n) is 2.69. The maximum absolute atomic E-state index is 13.1. The Labute approximate surface area is 109 Å². The van der Waals surface area contributed by atoms with Crippen molar-refractivity contribution in [3.63, 3.8) is 0 Å². The third-order valence-corrected chi connectivity index (χ3v) is 3.96. The molecule has 18 heavy (non-hydrogen) atoms. The second kappa shape index (κ2) is 6.30. The molecule has 0 bridgehead atoms. The van der Waals surface area contributed by atoms with Crippen molar-refractivity contribution < 1.29 is 4.39 Å². The van der Waals surface area contributed by atoms with Crippen molar-refractivity contribution in [1.29, 1.82) is 0 Å². The molecular formula is C15H23FN2. The zero-order valence-corrected chi connectivity index (χ0v) is 11.3. The smallest absolute Gasteiger partial charge is 0.123 e. The van der Waals surface area contributed by atoms with Gasteiger partial charge in [0.2, 0.25) is 0 Å². The van der Waals surface area contributed by atoms with Crippen LogP contribution in [-0.2, 0) is 6.42 Å². The van der Waals surface area contributed by atoms with Crippen molar-refractivity contribution in [1.82, 2.24) is 10.2 Å². The van der Waals surface area contributed by atoms with Crippen molar-refractivity contribution >= 4 is 0 Å². The molecule has 0 aromatic heterocycles. The van der Waals surface area contributed by atoms with Crippen LogP contribution in [0.1, 0.15) is 25.3 Å². The van der Waals surface area contributed by atoms with Crippen molar-refractivity contribution in [2.75, 3.05) is 20.1 Å². The van der Waals surface area contributed by atoms with E-state index < -0.39 is 0 Å². The molecule has 2 nitrogen and oxygen atoms in total. The third kappa shape index (κ3) is 3.53. The van der Waals surface area contributed by atoms with Crippen LogP contribution in [0, 0.1) is 5.82 Å². The van der Waals surface area contributed by atoms with Crippen molar-refractivity contribution in [2.24, 2.45) is 0 Å². The van der Waals surface area contributed by atoms with Crippen LogP contribution < -0.4 is 5.32 Å². The molecule has 1 aliphatic rings. The monoisotopic (exact) mass is 250 g/mol. The highest BCUT2D eigenvalue weighted by atomic mass is 19.1. The molecule has 1 heterocycles. The molecule has 2 rings (SSSR count). The lowest BCUT2D eigenvalue weighted by molar-refractivity contribution is 0.155. The molecule has 1 fully saturated rings. The summed E-state index contributed by atoms with van der Waals surface area (Å²) in [5.41, 5.74) is 1.08. The zero-order valence-electron chi connectivity index (χ0n) is 11.3. The first-order chi connectivity index (χ1) is 8.66. The van der Waals surface area contributed by atoms with E-state index in [9.17, 15) is 4.39 Å². The Bertz CT molecular complexity index is 375. The molecule has 0 spiro atoms. The maximum Gasteiger partial charge on any atom is 0.123 e.